The first-order chi connectivity index (χ1) is 14.5. The van der Waals surface area contributed by atoms with Crippen molar-refractivity contribution in [3.63, 3.8) is 0 Å². The van der Waals surface area contributed by atoms with Gasteiger partial charge in [-0.25, -0.2) is 4.98 Å². The van der Waals surface area contributed by atoms with Gasteiger partial charge in [-0.2, -0.15) is 0 Å². The van der Waals surface area contributed by atoms with Crippen molar-refractivity contribution in [2.24, 2.45) is 0 Å². The molecular formula is C22H20N4O3S. The number of thiazole rings is 1. The quantitative estimate of drug-likeness (QED) is 0.492. The summed E-state index contributed by atoms with van der Waals surface area (Å²) < 4.78 is 7.14. The van der Waals surface area contributed by atoms with E-state index in [0.29, 0.717) is 15.4 Å². The Hall–Kier alpha value is -3.65. The topological polar surface area (TPSA) is 84.7 Å². The number of aromatic nitrogens is 2. The van der Waals surface area contributed by atoms with Crippen molar-refractivity contribution in [3.8, 4) is 17.0 Å². The molecule has 0 saturated heterocycles. The van der Waals surface area contributed by atoms with E-state index in [-0.39, 0.29) is 11.8 Å². The largest absolute Gasteiger partial charge is 0.497 e. The Kier molecular flexibility index (Phi) is 5.24. The highest BCUT2D eigenvalue weighted by atomic mass is 32.1. The molecule has 0 aliphatic carbocycles. The fourth-order valence-electron chi connectivity index (χ4n) is 3.12. The standard InChI is InChI=1S/C22H20N4O3S/c1-13-4-6-16(7-5-13)20(27)24-25-21(28)19-14(2)26-18(12-23-22(26)30-19)15-8-10-17(29-3)11-9-15/h4-12H,1-3H3,(H,24,27)(H,25,28). The fraction of sp³-hybridized carbons (Fsp3) is 0.136. The minimum absolute atomic E-state index is 0.374. The lowest BCUT2D eigenvalue weighted by molar-refractivity contribution is 0.0848. The molecule has 0 spiro atoms. The molecule has 4 rings (SSSR count). The molecular weight excluding hydrogens is 400 g/mol. The molecule has 8 heteroatoms. The van der Waals surface area contributed by atoms with Crippen molar-refractivity contribution >= 4 is 28.1 Å². The summed E-state index contributed by atoms with van der Waals surface area (Å²) >= 11 is 1.27. The zero-order valence-corrected chi connectivity index (χ0v) is 17.5. The van der Waals surface area contributed by atoms with Gasteiger partial charge in [-0.3, -0.25) is 24.8 Å². The first-order valence-corrected chi connectivity index (χ1v) is 10.1. The SMILES string of the molecule is COc1ccc(-c2cnc3sc(C(=O)NNC(=O)c4ccc(C)cc4)c(C)n23)cc1. The Morgan fingerprint density at radius 1 is 0.967 bits per heavy atom. The van der Waals surface area contributed by atoms with E-state index in [0.717, 1.165) is 28.3 Å². The van der Waals surface area contributed by atoms with Gasteiger partial charge in [-0.1, -0.05) is 29.0 Å². The van der Waals surface area contributed by atoms with Crippen LogP contribution in [0.4, 0.5) is 0 Å². The van der Waals surface area contributed by atoms with Gasteiger partial charge in [-0.05, 0) is 50.2 Å². The third kappa shape index (κ3) is 3.65. The number of nitrogens with one attached hydrogen (secondary N) is 2. The summed E-state index contributed by atoms with van der Waals surface area (Å²) in [4.78, 5) is 30.5. The van der Waals surface area contributed by atoms with Crippen LogP contribution in [-0.4, -0.2) is 28.3 Å². The number of hydrazine groups is 1. The maximum Gasteiger partial charge on any atom is 0.281 e. The van der Waals surface area contributed by atoms with E-state index >= 15 is 0 Å². The van der Waals surface area contributed by atoms with Crippen molar-refractivity contribution < 1.29 is 14.3 Å². The molecule has 0 radical (unpaired) electrons. The number of fused-ring (bicyclic) bond motifs is 1. The molecule has 152 valence electrons. The van der Waals surface area contributed by atoms with Gasteiger partial charge in [0.2, 0.25) is 0 Å². The molecule has 0 fully saturated rings. The number of nitrogens with zero attached hydrogens (tertiary/aromatic N) is 2. The highest BCUT2D eigenvalue weighted by molar-refractivity contribution is 7.19. The van der Waals surface area contributed by atoms with Crippen molar-refractivity contribution in [2.75, 3.05) is 7.11 Å². The molecule has 0 aliphatic heterocycles. The number of ether oxygens (including phenoxy) is 1. The van der Waals surface area contributed by atoms with E-state index < -0.39 is 0 Å². The van der Waals surface area contributed by atoms with Crippen LogP contribution in [0.25, 0.3) is 16.2 Å². The molecule has 30 heavy (non-hydrogen) atoms. The van der Waals surface area contributed by atoms with Gasteiger partial charge in [0.25, 0.3) is 11.8 Å². The van der Waals surface area contributed by atoms with Gasteiger partial charge in [-0.15, -0.1) is 0 Å². The summed E-state index contributed by atoms with van der Waals surface area (Å²) in [5, 5.41) is 0. The third-order valence-corrected chi connectivity index (χ3v) is 5.94. The van der Waals surface area contributed by atoms with Crippen molar-refractivity contribution in [1.82, 2.24) is 20.2 Å². The van der Waals surface area contributed by atoms with Gasteiger partial charge in [0, 0.05) is 16.8 Å². The van der Waals surface area contributed by atoms with Crippen LogP contribution in [0.5, 0.6) is 5.75 Å². The van der Waals surface area contributed by atoms with Crippen molar-refractivity contribution in [3.05, 3.63) is 76.4 Å². The summed E-state index contributed by atoms with van der Waals surface area (Å²) in [6, 6.07) is 14.8. The molecule has 2 aromatic carbocycles. The van der Waals surface area contributed by atoms with E-state index in [1.165, 1.54) is 11.3 Å². The van der Waals surface area contributed by atoms with Crippen LogP contribution < -0.4 is 15.6 Å². The second-order valence-electron chi connectivity index (χ2n) is 6.78. The molecule has 0 unspecified atom stereocenters. The number of hydrogen-bond acceptors (Lipinski definition) is 5. The van der Waals surface area contributed by atoms with E-state index in [1.54, 1.807) is 25.4 Å². The minimum atomic E-state index is -0.385. The molecule has 2 heterocycles. The second-order valence-corrected chi connectivity index (χ2v) is 7.76. The zero-order chi connectivity index (χ0) is 21.3. The lowest BCUT2D eigenvalue weighted by atomic mass is 10.1. The maximum absolute atomic E-state index is 12.7. The highest BCUT2D eigenvalue weighted by Gasteiger charge is 2.20. The van der Waals surface area contributed by atoms with Crippen LogP contribution in [0, 0.1) is 13.8 Å². The van der Waals surface area contributed by atoms with Crippen LogP contribution in [0.2, 0.25) is 0 Å². The van der Waals surface area contributed by atoms with Gasteiger partial charge in [0.15, 0.2) is 4.96 Å². The average Bonchev–Trinajstić information content (AvgIpc) is 3.33. The summed E-state index contributed by atoms with van der Waals surface area (Å²) in [5.41, 5.74) is 9.08. The van der Waals surface area contributed by atoms with Gasteiger partial charge >= 0.3 is 0 Å². The number of methoxy groups -OCH3 is 1. The average molecular weight is 420 g/mol. The van der Waals surface area contributed by atoms with Crippen LogP contribution in [-0.2, 0) is 0 Å². The molecule has 2 aromatic heterocycles. The first kappa shape index (κ1) is 19.7. The third-order valence-electron chi connectivity index (χ3n) is 4.78. The molecule has 7 nitrogen and oxygen atoms in total. The summed E-state index contributed by atoms with van der Waals surface area (Å²) in [6.45, 7) is 3.80. The number of amides is 2. The lowest BCUT2D eigenvalue weighted by Crippen LogP contribution is -2.41. The fourth-order valence-corrected chi connectivity index (χ4v) is 4.12. The predicted octanol–water partition coefficient (Wildman–Crippen LogP) is 3.76. The Bertz CT molecular complexity index is 1220. The number of carbonyl (C=O) groups excluding carboxylic acids is 2. The minimum Gasteiger partial charge on any atom is -0.497 e. The Labute approximate surface area is 177 Å². The number of hydrogen-bond donors (Lipinski definition) is 2. The van der Waals surface area contributed by atoms with Crippen molar-refractivity contribution in [2.45, 2.75) is 13.8 Å². The number of rotatable bonds is 4. The van der Waals surface area contributed by atoms with E-state index in [2.05, 4.69) is 15.8 Å². The monoisotopic (exact) mass is 420 g/mol. The molecule has 2 amide bonds. The molecule has 0 aliphatic rings. The maximum atomic E-state index is 12.7. The number of aryl methyl sites for hydroxylation is 2. The normalized spacial score (nSPS) is 10.8. The molecule has 2 N–H and O–H groups in total. The van der Waals surface area contributed by atoms with Crippen LogP contribution in [0.15, 0.2) is 54.7 Å². The number of carbonyl (C=O) groups is 2. The van der Waals surface area contributed by atoms with Crippen LogP contribution >= 0.6 is 11.3 Å². The molecule has 0 saturated carbocycles. The second kappa shape index (κ2) is 8.00. The van der Waals surface area contributed by atoms with Gasteiger partial charge in [0.1, 0.15) is 10.6 Å². The van der Waals surface area contributed by atoms with E-state index in [1.807, 2.05) is 54.6 Å². The first-order valence-electron chi connectivity index (χ1n) is 9.26. The van der Waals surface area contributed by atoms with E-state index in [4.69, 9.17) is 4.74 Å². The Morgan fingerprint density at radius 3 is 2.30 bits per heavy atom. The summed E-state index contributed by atoms with van der Waals surface area (Å²) in [7, 11) is 1.62. The summed E-state index contributed by atoms with van der Waals surface area (Å²) in [6.07, 6.45) is 1.78. The Balaban J connectivity index is 1.54. The Morgan fingerprint density at radius 2 is 1.63 bits per heavy atom. The van der Waals surface area contributed by atoms with E-state index in [9.17, 15) is 9.59 Å². The van der Waals surface area contributed by atoms with Gasteiger partial charge in [0.05, 0.1) is 19.0 Å². The molecule has 4 aromatic rings. The number of benzene rings is 2. The smallest absolute Gasteiger partial charge is 0.281 e. The molecule has 0 atom stereocenters. The summed E-state index contributed by atoms with van der Waals surface area (Å²) in [5.74, 6) is 0.0105. The predicted molar refractivity (Wildman–Crippen MR) is 116 cm³/mol. The zero-order valence-electron chi connectivity index (χ0n) is 16.7. The number of imidazole rings is 1. The van der Waals surface area contributed by atoms with Gasteiger partial charge < -0.3 is 4.74 Å². The lowest BCUT2D eigenvalue weighted by Gasteiger charge is -2.08. The molecule has 0 bridgehead atoms. The van der Waals surface area contributed by atoms with Crippen molar-refractivity contribution in [1.29, 1.82) is 0 Å². The highest BCUT2D eigenvalue weighted by Crippen LogP contribution is 2.30. The van der Waals surface area contributed by atoms with Crippen LogP contribution in [0.1, 0.15) is 31.3 Å². The van der Waals surface area contributed by atoms with Crippen LogP contribution in [0.3, 0.4) is 0 Å².